The van der Waals surface area contributed by atoms with Crippen LogP contribution in [0, 0.1) is 12.1 Å². The number of benzene rings is 4. The molecule has 8 aromatic rings. The fraction of sp³-hybridized carbons (Fsp3) is 0.136. The maximum atomic E-state index is 5.51. The third-order valence-electron chi connectivity index (χ3n) is 9.83. The fourth-order valence-electron chi connectivity index (χ4n) is 6.88. The van der Waals surface area contributed by atoms with Crippen molar-refractivity contribution in [2.45, 2.75) is 38.5 Å². The van der Waals surface area contributed by atoms with E-state index in [1.165, 1.54) is 9.75 Å². The minimum atomic E-state index is -0.493. The molecule has 4 aromatic heterocycles. The second kappa shape index (κ2) is 12.9. The van der Waals surface area contributed by atoms with Crippen molar-refractivity contribution in [2.75, 3.05) is 0 Å². The zero-order chi connectivity index (χ0) is 34.0. The van der Waals surface area contributed by atoms with E-state index in [1.54, 1.807) is 22.7 Å². The molecule has 8 bridgehead atoms. The molecule has 4 nitrogen and oxygen atoms in total. The molecule has 7 heteroatoms. The monoisotopic (exact) mass is 877 g/mol. The van der Waals surface area contributed by atoms with Crippen LogP contribution in [0.15, 0.2) is 134 Å². The van der Waals surface area contributed by atoms with E-state index in [-0.39, 0.29) is 21.1 Å². The van der Waals surface area contributed by atoms with Crippen LogP contribution in [-0.4, -0.2) is 19.1 Å². The molecule has 0 fully saturated rings. The van der Waals surface area contributed by atoms with Crippen LogP contribution in [0.25, 0.3) is 53.7 Å². The van der Waals surface area contributed by atoms with Gasteiger partial charge in [-0.25, -0.2) is 22.7 Å². The SMILES string of the molecule is CC1(C)c2cn(-c3ccccc3)c(n2)-c2[c-]c(c(-c3ccccc3)s2)C(C)(C)c2cn(-c3ccccc3)c(n2)-c2[c-]c1c(-c1ccccc1)s2.[Pt+2]. The Morgan fingerprint density at radius 2 is 0.824 bits per heavy atom. The van der Waals surface area contributed by atoms with Crippen molar-refractivity contribution >= 4 is 22.7 Å². The largest absolute Gasteiger partial charge is 2.00 e. The zero-order valence-electron chi connectivity index (χ0n) is 28.6. The molecule has 0 unspecified atom stereocenters. The van der Waals surface area contributed by atoms with Gasteiger partial charge in [0.05, 0.1) is 23.0 Å². The second-order valence-corrected chi connectivity index (χ2v) is 15.9. The van der Waals surface area contributed by atoms with Gasteiger partial charge in [0, 0.05) is 34.6 Å². The van der Waals surface area contributed by atoms with Crippen LogP contribution in [0.2, 0.25) is 0 Å². The predicted octanol–water partition coefficient (Wildman–Crippen LogP) is 11.4. The Labute approximate surface area is 321 Å². The van der Waals surface area contributed by atoms with Crippen molar-refractivity contribution < 1.29 is 21.1 Å². The quantitative estimate of drug-likeness (QED) is 0.165. The molecule has 0 atom stereocenters. The van der Waals surface area contributed by atoms with E-state index in [1.807, 2.05) is 0 Å². The molecule has 0 aliphatic carbocycles. The van der Waals surface area contributed by atoms with Gasteiger partial charge in [-0.05, 0) is 24.3 Å². The molecule has 9 rings (SSSR count). The summed E-state index contributed by atoms with van der Waals surface area (Å²) in [4.78, 5) is 15.4. The van der Waals surface area contributed by atoms with Crippen molar-refractivity contribution in [2.24, 2.45) is 0 Å². The van der Waals surface area contributed by atoms with Crippen LogP contribution >= 0.6 is 22.7 Å². The standard InChI is InChI=1S/C44H34N4S2.Pt/c1-43(2)33-25-35(49-39(33)29-17-9-5-10-18-29)42-46-38(28-48(42)32-23-15-8-16-24-32)44(3,4)34-26-36(50-40(34)30-19-11-6-12-20-30)41-45-37(43)27-47(41)31-21-13-7-14-22-31;/h5-24,27-28H,1-4H3;/q-2;+2. The third-order valence-corrected chi connectivity index (χ3v) is 12.1. The summed E-state index contributed by atoms with van der Waals surface area (Å²) in [7, 11) is 0. The molecular formula is C44H34N4PtS2. The Hall–Kier alpha value is -4.61. The first-order valence-corrected chi connectivity index (χ1v) is 18.5. The van der Waals surface area contributed by atoms with Gasteiger partial charge in [-0.3, -0.25) is 9.97 Å². The maximum Gasteiger partial charge on any atom is 2.00 e. The Kier molecular flexibility index (Phi) is 8.45. The number of rotatable bonds is 4. The zero-order valence-corrected chi connectivity index (χ0v) is 32.5. The van der Waals surface area contributed by atoms with Gasteiger partial charge in [0.2, 0.25) is 0 Å². The summed E-state index contributed by atoms with van der Waals surface area (Å²) in [5.41, 5.74) is 7.63. The molecule has 252 valence electrons. The molecule has 0 radical (unpaired) electrons. The average Bonchev–Trinajstić information content (AvgIpc) is 3.97. The normalized spacial score (nSPS) is 14.0. The molecule has 4 aromatic carbocycles. The summed E-state index contributed by atoms with van der Waals surface area (Å²) >= 11 is 3.51. The van der Waals surface area contributed by atoms with E-state index in [9.17, 15) is 0 Å². The van der Waals surface area contributed by atoms with Crippen LogP contribution in [0.1, 0.15) is 50.2 Å². The summed E-state index contributed by atoms with van der Waals surface area (Å²) in [6.45, 7) is 9.08. The summed E-state index contributed by atoms with van der Waals surface area (Å²) in [6.07, 6.45) is 4.43. The van der Waals surface area contributed by atoms with E-state index in [0.717, 1.165) is 66.4 Å². The Balaban J connectivity index is 0.00000374. The first-order valence-electron chi connectivity index (χ1n) is 16.8. The van der Waals surface area contributed by atoms with E-state index in [0.29, 0.717) is 0 Å². The number of nitrogens with zero attached hydrogens (tertiary/aromatic N) is 4. The number of fused-ring (bicyclic) bond motifs is 10. The molecular weight excluding hydrogens is 844 g/mol. The first kappa shape index (κ1) is 33.5. The number of hydrogen-bond acceptors (Lipinski definition) is 4. The molecule has 0 N–H and O–H groups in total. The number of imidazole rings is 2. The molecule has 1 aliphatic rings. The summed E-state index contributed by atoms with van der Waals surface area (Å²) < 4.78 is 4.48. The fourth-order valence-corrected chi connectivity index (χ4v) is 9.39. The van der Waals surface area contributed by atoms with Gasteiger partial charge in [-0.1, -0.05) is 155 Å². The maximum absolute atomic E-state index is 5.51. The van der Waals surface area contributed by atoms with Crippen molar-refractivity contribution in [3.05, 3.63) is 168 Å². The van der Waals surface area contributed by atoms with Crippen LogP contribution in [0.3, 0.4) is 0 Å². The van der Waals surface area contributed by atoms with Crippen LogP contribution in [-0.2, 0) is 31.9 Å². The number of hydrogen-bond donors (Lipinski definition) is 0. The smallest absolute Gasteiger partial charge is 0.352 e. The van der Waals surface area contributed by atoms with Gasteiger partial charge in [0.15, 0.2) is 0 Å². The molecule has 0 amide bonds. The van der Waals surface area contributed by atoms with Gasteiger partial charge >= 0.3 is 21.1 Å². The van der Waals surface area contributed by atoms with Gasteiger partial charge in [0.1, 0.15) is 0 Å². The molecule has 5 heterocycles. The van der Waals surface area contributed by atoms with E-state index in [2.05, 4.69) is 183 Å². The van der Waals surface area contributed by atoms with E-state index < -0.39 is 10.8 Å². The summed E-state index contributed by atoms with van der Waals surface area (Å²) in [6, 6.07) is 50.2. The van der Waals surface area contributed by atoms with Crippen molar-refractivity contribution in [3.8, 4) is 53.7 Å². The minimum Gasteiger partial charge on any atom is -0.352 e. The Bertz CT molecular complexity index is 2290. The molecule has 0 spiro atoms. The molecule has 0 saturated carbocycles. The molecule has 51 heavy (non-hydrogen) atoms. The number of thiophene rings is 2. The third kappa shape index (κ3) is 5.61. The average molecular weight is 878 g/mol. The van der Waals surface area contributed by atoms with Gasteiger partial charge in [-0.2, -0.15) is 12.1 Å². The minimum absolute atomic E-state index is 0. The first-order chi connectivity index (χ1) is 24.3. The van der Waals surface area contributed by atoms with Gasteiger partial charge < -0.3 is 9.13 Å². The predicted molar refractivity (Wildman–Crippen MR) is 207 cm³/mol. The van der Waals surface area contributed by atoms with Crippen LogP contribution in [0.5, 0.6) is 0 Å². The summed E-state index contributed by atoms with van der Waals surface area (Å²) in [5, 5.41) is 0. The molecule has 0 saturated heterocycles. The topological polar surface area (TPSA) is 35.6 Å². The summed E-state index contributed by atoms with van der Waals surface area (Å²) in [5.74, 6) is 1.76. The van der Waals surface area contributed by atoms with Crippen LogP contribution < -0.4 is 0 Å². The van der Waals surface area contributed by atoms with Crippen molar-refractivity contribution in [1.29, 1.82) is 0 Å². The Morgan fingerprint density at radius 1 is 0.490 bits per heavy atom. The van der Waals surface area contributed by atoms with Crippen molar-refractivity contribution in [1.82, 2.24) is 19.1 Å². The number of para-hydroxylation sites is 2. The van der Waals surface area contributed by atoms with Gasteiger partial charge in [0.25, 0.3) is 0 Å². The van der Waals surface area contributed by atoms with Crippen LogP contribution in [0.4, 0.5) is 0 Å². The second-order valence-electron chi connectivity index (χ2n) is 13.8. The van der Waals surface area contributed by atoms with Crippen molar-refractivity contribution in [3.63, 3.8) is 0 Å². The van der Waals surface area contributed by atoms with E-state index in [4.69, 9.17) is 9.97 Å². The van der Waals surface area contributed by atoms with E-state index >= 15 is 0 Å². The molecule has 1 aliphatic heterocycles. The number of aromatic nitrogens is 4. The Morgan fingerprint density at radius 3 is 1.18 bits per heavy atom. The van der Waals surface area contributed by atoms with Gasteiger partial charge in [-0.15, -0.1) is 11.1 Å².